The number of nitrogens with one attached hydrogen (secondary N) is 1. The van der Waals surface area contributed by atoms with Gasteiger partial charge in [-0.25, -0.2) is 9.78 Å². The minimum absolute atomic E-state index is 0.0515. The van der Waals surface area contributed by atoms with Gasteiger partial charge in [0.2, 0.25) is 5.91 Å². The van der Waals surface area contributed by atoms with Gasteiger partial charge < -0.3 is 15.2 Å². The highest BCUT2D eigenvalue weighted by Crippen LogP contribution is 2.07. The number of nitrogens with zero attached hydrogens (tertiary/aromatic N) is 1. The molecule has 0 bridgehead atoms. The molecule has 6 heteroatoms. The molecule has 1 rings (SSSR count). The molecule has 1 aromatic rings. The van der Waals surface area contributed by atoms with Crippen molar-refractivity contribution >= 4 is 17.6 Å². The van der Waals surface area contributed by atoms with E-state index in [0.29, 0.717) is 31.7 Å². The molecule has 0 saturated carbocycles. The second-order valence-electron chi connectivity index (χ2n) is 3.59. The molecule has 0 spiro atoms. The topological polar surface area (TPSA) is 88.5 Å². The molecule has 98 valence electrons. The molecule has 0 radical (unpaired) electrons. The molecule has 0 atom stereocenters. The summed E-state index contributed by atoms with van der Waals surface area (Å²) in [7, 11) is 0. The van der Waals surface area contributed by atoms with Gasteiger partial charge >= 0.3 is 5.97 Å². The van der Waals surface area contributed by atoms with Crippen LogP contribution in [0, 0.1) is 0 Å². The zero-order valence-electron chi connectivity index (χ0n) is 10.2. The molecule has 0 aromatic carbocycles. The molecule has 1 heterocycles. The zero-order valence-corrected chi connectivity index (χ0v) is 10.2. The first-order chi connectivity index (χ1) is 8.63. The number of hydrogen-bond acceptors (Lipinski definition) is 4. The van der Waals surface area contributed by atoms with Gasteiger partial charge in [0, 0.05) is 19.6 Å². The van der Waals surface area contributed by atoms with Crippen LogP contribution in [0.15, 0.2) is 18.3 Å². The molecule has 0 aliphatic rings. The minimum Gasteiger partial charge on any atom is -0.477 e. The Hall–Kier alpha value is -1.95. The van der Waals surface area contributed by atoms with Gasteiger partial charge in [-0.2, -0.15) is 0 Å². The van der Waals surface area contributed by atoms with Gasteiger partial charge in [0.05, 0.1) is 11.9 Å². The van der Waals surface area contributed by atoms with E-state index in [2.05, 4.69) is 10.3 Å². The molecule has 0 fully saturated rings. The van der Waals surface area contributed by atoms with E-state index in [-0.39, 0.29) is 11.6 Å². The fourth-order valence-electron chi connectivity index (χ4n) is 1.30. The van der Waals surface area contributed by atoms with Crippen molar-refractivity contribution in [3.63, 3.8) is 0 Å². The van der Waals surface area contributed by atoms with Crippen molar-refractivity contribution in [2.24, 2.45) is 0 Å². The second-order valence-corrected chi connectivity index (χ2v) is 3.59. The normalized spacial score (nSPS) is 10.1. The van der Waals surface area contributed by atoms with Crippen molar-refractivity contribution in [3.8, 4) is 0 Å². The van der Waals surface area contributed by atoms with Crippen LogP contribution in [0.2, 0.25) is 0 Å². The molecule has 1 aromatic heterocycles. The van der Waals surface area contributed by atoms with Crippen LogP contribution >= 0.6 is 0 Å². The second kappa shape index (κ2) is 7.39. The Bertz CT molecular complexity index is 403. The van der Waals surface area contributed by atoms with Gasteiger partial charge in [0.25, 0.3) is 0 Å². The molecule has 2 N–H and O–H groups in total. The molecule has 1 amide bonds. The van der Waals surface area contributed by atoms with E-state index < -0.39 is 5.97 Å². The SMILES string of the molecule is CCOCCCC(=O)Nc1ccc(C(=O)O)nc1. The number of rotatable bonds is 7. The lowest BCUT2D eigenvalue weighted by molar-refractivity contribution is -0.116. The van der Waals surface area contributed by atoms with Crippen molar-refractivity contribution < 1.29 is 19.4 Å². The Kier molecular flexibility index (Phi) is 5.79. The highest BCUT2D eigenvalue weighted by molar-refractivity contribution is 5.91. The van der Waals surface area contributed by atoms with Gasteiger partial charge in [-0.3, -0.25) is 4.79 Å². The number of carboxylic acid groups (broad SMARTS) is 1. The molecule has 0 aliphatic carbocycles. The third kappa shape index (κ3) is 4.92. The molecule has 18 heavy (non-hydrogen) atoms. The average molecular weight is 252 g/mol. The van der Waals surface area contributed by atoms with Crippen molar-refractivity contribution in [2.45, 2.75) is 19.8 Å². The number of pyridine rings is 1. The molecule has 0 aliphatic heterocycles. The van der Waals surface area contributed by atoms with Crippen LogP contribution in [-0.4, -0.2) is 35.2 Å². The number of carbonyl (C=O) groups excluding carboxylic acids is 1. The zero-order chi connectivity index (χ0) is 13.4. The van der Waals surface area contributed by atoms with Gasteiger partial charge in [-0.15, -0.1) is 0 Å². The number of aromatic nitrogens is 1. The number of carboxylic acids is 1. The first-order valence-corrected chi connectivity index (χ1v) is 5.70. The van der Waals surface area contributed by atoms with Crippen LogP contribution in [0.3, 0.4) is 0 Å². The number of aromatic carboxylic acids is 1. The van der Waals surface area contributed by atoms with E-state index in [1.807, 2.05) is 6.92 Å². The van der Waals surface area contributed by atoms with Gasteiger partial charge in [-0.05, 0) is 25.5 Å². The molecule has 0 unspecified atom stereocenters. The summed E-state index contributed by atoms with van der Waals surface area (Å²) in [6, 6.07) is 2.86. The Balaban J connectivity index is 2.37. The lowest BCUT2D eigenvalue weighted by Crippen LogP contribution is -2.13. The molecular weight excluding hydrogens is 236 g/mol. The molecule has 6 nitrogen and oxygen atoms in total. The van der Waals surface area contributed by atoms with Crippen LogP contribution in [-0.2, 0) is 9.53 Å². The van der Waals surface area contributed by atoms with Crippen molar-refractivity contribution in [1.29, 1.82) is 0 Å². The standard InChI is InChI=1S/C12H16N2O4/c1-2-18-7-3-4-11(15)14-9-5-6-10(12(16)17)13-8-9/h5-6,8H,2-4,7H2,1H3,(H,14,15)(H,16,17). The predicted octanol–water partition coefficient (Wildman–Crippen LogP) is 1.54. The summed E-state index contributed by atoms with van der Waals surface area (Å²) in [6.07, 6.45) is 2.34. The molecule has 0 saturated heterocycles. The maximum atomic E-state index is 11.5. The van der Waals surface area contributed by atoms with E-state index in [1.165, 1.54) is 18.3 Å². The fourth-order valence-corrected chi connectivity index (χ4v) is 1.30. The quantitative estimate of drug-likeness (QED) is 0.718. The van der Waals surface area contributed by atoms with E-state index in [4.69, 9.17) is 9.84 Å². The smallest absolute Gasteiger partial charge is 0.354 e. The summed E-state index contributed by atoms with van der Waals surface area (Å²) in [4.78, 5) is 25.8. The number of ether oxygens (including phenoxy) is 1. The summed E-state index contributed by atoms with van der Waals surface area (Å²) >= 11 is 0. The third-order valence-corrected chi connectivity index (χ3v) is 2.16. The fraction of sp³-hybridized carbons (Fsp3) is 0.417. The van der Waals surface area contributed by atoms with Crippen LogP contribution < -0.4 is 5.32 Å². The van der Waals surface area contributed by atoms with E-state index in [1.54, 1.807) is 0 Å². The highest BCUT2D eigenvalue weighted by atomic mass is 16.5. The number of anilines is 1. The van der Waals surface area contributed by atoms with Crippen LogP contribution in [0.25, 0.3) is 0 Å². The van der Waals surface area contributed by atoms with Crippen LogP contribution in [0.4, 0.5) is 5.69 Å². The van der Waals surface area contributed by atoms with E-state index in [0.717, 1.165) is 0 Å². The Morgan fingerprint density at radius 2 is 2.22 bits per heavy atom. The average Bonchev–Trinajstić information content (AvgIpc) is 2.35. The van der Waals surface area contributed by atoms with Crippen molar-refractivity contribution in [1.82, 2.24) is 4.98 Å². The maximum absolute atomic E-state index is 11.5. The summed E-state index contributed by atoms with van der Waals surface area (Å²) < 4.78 is 5.12. The van der Waals surface area contributed by atoms with Gasteiger partial charge in [0.1, 0.15) is 5.69 Å². The lowest BCUT2D eigenvalue weighted by Gasteiger charge is -2.05. The monoisotopic (exact) mass is 252 g/mol. The largest absolute Gasteiger partial charge is 0.477 e. The Morgan fingerprint density at radius 1 is 1.44 bits per heavy atom. The van der Waals surface area contributed by atoms with Gasteiger partial charge in [-0.1, -0.05) is 0 Å². The van der Waals surface area contributed by atoms with E-state index >= 15 is 0 Å². The van der Waals surface area contributed by atoms with Crippen LogP contribution in [0.1, 0.15) is 30.3 Å². The third-order valence-electron chi connectivity index (χ3n) is 2.16. The van der Waals surface area contributed by atoms with Gasteiger partial charge in [0.15, 0.2) is 0 Å². The number of carbonyl (C=O) groups is 2. The first kappa shape index (κ1) is 14.1. The summed E-state index contributed by atoms with van der Waals surface area (Å²) in [5.41, 5.74) is 0.436. The van der Waals surface area contributed by atoms with Crippen LogP contribution in [0.5, 0.6) is 0 Å². The Morgan fingerprint density at radius 3 is 2.78 bits per heavy atom. The first-order valence-electron chi connectivity index (χ1n) is 5.70. The highest BCUT2D eigenvalue weighted by Gasteiger charge is 2.05. The number of hydrogen-bond donors (Lipinski definition) is 2. The van der Waals surface area contributed by atoms with E-state index in [9.17, 15) is 9.59 Å². The lowest BCUT2D eigenvalue weighted by atomic mass is 10.3. The molecular formula is C12H16N2O4. The minimum atomic E-state index is -1.09. The Labute approximate surface area is 105 Å². The van der Waals surface area contributed by atoms with Crippen molar-refractivity contribution in [2.75, 3.05) is 18.5 Å². The van der Waals surface area contributed by atoms with Crippen molar-refractivity contribution in [3.05, 3.63) is 24.0 Å². The summed E-state index contributed by atoms with van der Waals surface area (Å²) in [5.74, 6) is -1.23. The number of amides is 1. The maximum Gasteiger partial charge on any atom is 0.354 e. The predicted molar refractivity (Wildman–Crippen MR) is 65.6 cm³/mol. The summed E-state index contributed by atoms with van der Waals surface area (Å²) in [6.45, 7) is 3.10. The summed E-state index contributed by atoms with van der Waals surface area (Å²) in [5, 5.41) is 11.3.